The molecule has 0 aliphatic carbocycles. The summed E-state index contributed by atoms with van der Waals surface area (Å²) in [6.45, 7) is 0. The molecule has 0 bridgehead atoms. The summed E-state index contributed by atoms with van der Waals surface area (Å²) in [5, 5.41) is 0.180. The molecule has 1 nitrogen and oxygen atoms in total. The number of hydrogen-bond acceptors (Lipinski definition) is 0. The molecular weight excluding hydrogens is 263 g/mol. The molecule has 0 fully saturated rings. The maximum Gasteiger partial charge on any atom is 0.278 e. The molecule has 4 heteroatoms. The Kier molecular flexibility index (Phi) is 3.06. The molecule has 3 rings (SSSR count). The van der Waals surface area contributed by atoms with Crippen molar-refractivity contribution in [3.8, 4) is 0 Å². The predicted octanol–water partition coefficient (Wildman–Crippen LogP) is 4.96. The van der Waals surface area contributed by atoms with Gasteiger partial charge in [-0.05, 0) is 17.7 Å². The van der Waals surface area contributed by atoms with E-state index in [0.29, 0.717) is 11.1 Å². The SMILES string of the molecule is FC(F)=C(c1ccccc1)c1c[nH]c2cccc(F)c12. The average molecular weight is 273 g/mol. The van der Waals surface area contributed by atoms with E-state index in [2.05, 4.69) is 4.98 Å². The molecule has 0 saturated carbocycles. The maximum atomic E-state index is 13.9. The van der Waals surface area contributed by atoms with E-state index in [-0.39, 0.29) is 16.5 Å². The van der Waals surface area contributed by atoms with E-state index in [0.717, 1.165) is 0 Å². The lowest BCUT2D eigenvalue weighted by atomic mass is 9.98. The molecule has 3 aromatic rings. The van der Waals surface area contributed by atoms with Gasteiger partial charge in [-0.2, -0.15) is 8.78 Å². The number of rotatable bonds is 2. The van der Waals surface area contributed by atoms with Crippen LogP contribution in [0.1, 0.15) is 11.1 Å². The van der Waals surface area contributed by atoms with E-state index in [9.17, 15) is 13.2 Å². The first-order valence-corrected chi connectivity index (χ1v) is 6.05. The molecule has 2 aromatic carbocycles. The third-order valence-electron chi connectivity index (χ3n) is 3.18. The first kappa shape index (κ1) is 12.5. The summed E-state index contributed by atoms with van der Waals surface area (Å²) in [6.07, 6.45) is -0.421. The molecule has 0 spiro atoms. The molecule has 0 radical (unpaired) electrons. The van der Waals surface area contributed by atoms with Crippen LogP contribution in [0.5, 0.6) is 0 Å². The van der Waals surface area contributed by atoms with E-state index in [4.69, 9.17) is 0 Å². The number of H-pyrrole nitrogens is 1. The van der Waals surface area contributed by atoms with E-state index in [1.54, 1.807) is 36.4 Å². The fourth-order valence-electron chi connectivity index (χ4n) is 2.31. The van der Waals surface area contributed by atoms with E-state index >= 15 is 0 Å². The van der Waals surface area contributed by atoms with Crippen molar-refractivity contribution in [1.82, 2.24) is 4.98 Å². The number of fused-ring (bicyclic) bond motifs is 1. The van der Waals surface area contributed by atoms with Crippen LogP contribution >= 0.6 is 0 Å². The lowest BCUT2D eigenvalue weighted by Crippen LogP contribution is -1.89. The molecule has 1 N–H and O–H groups in total. The molecule has 20 heavy (non-hydrogen) atoms. The molecule has 0 saturated heterocycles. The summed E-state index contributed by atoms with van der Waals surface area (Å²) in [7, 11) is 0. The van der Waals surface area contributed by atoms with Crippen LogP contribution in [0.2, 0.25) is 0 Å². The predicted molar refractivity (Wildman–Crippen MR) is 72.9 cm³/mol. The van der Waals surface area contributed by atoms with Gasteiger partial charge < -0.3 is 4.98 Å². The molecule has 0 aliphatic rings. The second-order valence-electron chi connectivity index (χ2n) is 4.37. The standard InChI is InChI=1S/C16H10F3N/c17-12-7-4-8-13-15(12)11(9-20-13)14(16(18)19)10-5-2-1-3-6-10/h1-9,20H. The molecule has 0 unspecified atom stereocenters. The fourth-order valence-corrected chi connectivity index (χ4v) is 2.31. The second-order valence-corrected chi connectivity index (χ2v) is 4.37. The first-order chi connectivity index (χ1) is 9.68. The normalized spacial score (nSPS) is 10.8. The largest absolute Gasteiger partial charge is 0.360 e. The third kappa shape index (κ3) is 1.99. The highest BCUT2D eigenvalue weighted by atomic mass is 19.3. The molecule has 1 heterocycles. The van der Waals surface area contributed by atoms with Gasteiger partial charge in [-0.1, -0.05) is 36.4 Å². The second kappa shape index (κ2) is 4.89. The van der Waals surface area contributed by atoms with Crippen molar-refractivity contribution in [2.45, 2.75) is 0 Å². The van der Waals surface area contributed by atoms with E-state index in [1.165, 1.54) is 18.3 Å². The number of aromatic nitrogens is 1. The van der Waals surface area contributed by atoms with Crippen LogP contribution in [0.25, 0.3) is 16.5 Å². The molecule has 0 aliphatic heterocycles. The van der Waals surface area contributed by atoms with Crippen LogP contribution in [-0.2, 0) is 0 Å². The molecule has 0 amide bonds. The van der Waals surface area contributed by atoms with Crippen LogP contribution in [-0.4, -0.2) is 4.98 Å². The number of benzene rings is 2. The number of aromatic amines is 1. The van der Waals surface area contributed by atoms with Crippen molar-refractivity contribution in [2.75, 3.05) is 0 Å². The minimum Gasteiger partial charge on any atom is -0.360 e. The van der Waals surface area contributed by atoms with Gasteiger partial charge in [0.05, 0.1) is 5.57 Å². The Morgan fingerprint density at radius 1 is 0.900 bits per heavy atom. The Morgan fingerprint density at radius 2 is 1.65 bits per heavy atom. The zero-order valence-corrected chi connectivity index (χ0v) is 10.3. The van der Waals surface area contributed by atoms with Crippen molar-refractivity contribution in [3.63, 3.8) is 0 Å². The molecule has 0 atom stereocenters. The monoisotopic (exact) mass is 273 g/mol. The minimum atomic E-state index is -1.83. The molecule has 1 aromatic heterocycles. The van der Waals surface area contributed by atoms with Gasteiger partial charge in [-0.25, -0.2) is 4.39 Å². The first-order valence-electron chi connectivity index (χ1n) is 6.05. The van der Waals surface area contributed by atoms with Gasteiger partial charge >= 0.3 is 0 Å². The fraction of sp³-hybridized carbons (Fsp3) is 0. The average Bonchev–Trinajstić information content (AvgIpc) is 2.85. The number of hydrogen-bond donors (Lipinski definition) is 1. The van der Waals surface area contributed by atoms with Gasteiger partial charge in [-0.15, -0.1) is 0 Å². The van der Waals surface area contributed by atoms with Gasteiger partial charge in [0, 0.05) is 22.7 Å². The van der Waals surface area contributed by atoms with Crippen LogP contribution in [0, 0.1) is 5.82 Å². The summed E-state index contributed by atoms with van der Waals surface area (Å²) in [6, 6.07) is 12.7. The summed E-state index contributed by atoms with van der Waals surface area (Å²) in [5.74, 6) is -0.520. The van der Waals surface area contributed by atoms with Crippen molar-refractivity contribution in [2.24, 2.45) is 0 Å². The van der Waals surface area contributed by atoms with Crippen LogP contribution in [0.3, 0.4) is 0 Å². The summed E-state index contributed by atoms with van der Waals surface area (Å²) in [5.41, 5.74) is 0.776. The zero-order chi connectivity index (χ0) is 14.1. The highest BCUT2D eigenvalue weighted by Crippen LogP contribution is 2.34. The summed E-state index contributed by atoms with van der Waals surface area (Å²) >= 11 is 0. The Balaban J connectivity index is 2.30. The zero-order valence-electron chi connectivity index (χ0n) is 10.3. The van der Waals surface area contributed by atoms with Crippen molar-refractivity contribution in [1.29, 1.82) is 0 Å². The number of halogens is 3. The van der Waals surface area contributed by atoms with E-state index < -0.39 is 11.9 Å². The van der Waals surface area contributed by atoms with Gasteiger partial charge in [0.25, 0.3) is 6.08 Å². The van der Waals surface area contributed by atoms with Crippen molar-refractivity contribution in [3.05, 3.63) is 77.8 Å². The smallest absolute Gasteiger partial charge is 0.278 e. The molecular formula is C16H10F3N. The highest BCUT2D eigenvalue weighted by molar-refractivity contribution is 5.97. The third-order valence-corrected chi connectivity index (χ3v) is 3.18. The summed E-state index contributed by atoms with van der Waals surface area (Å²) < 4.78 is 40.6. The Hall–Kier alpha value is -2.49. The van der Waals surface area contributed by atoms with Crippen LogP contribution in [0.4, 0.5) is 13.2 Å². The van der Waals surface area contributed by atoms with Crippen LogP contribution < -0.4 is 0 Å². The molecule has 100 valence electrons. The summed E-state index contributed by atoms with van der Waals surface area (Å²) in [4.78, 5) is 2.83. The Labute approximate surface area is 113 Å². The maximum absolute atomic E-state index is 13.9. The van der Waals surface area contributed by atoms with Crippen LogP contribution in [0.15, 0.2) is 60.8 Å². The number of nitrogens with one attached hydrogen (secondary N) is 1. The highest BCUT2D eigenvalue weighted by Gasteiger charge is 2.18. The lowest BCUT2D eigenvalue weighted by molar-refractivity contribution is 0.426. The van der Waals surface area contributed by atoms with Gasteiger partial charge in [-0.3, -0.25) is 0 Å². The Morgan fingerprint density at radius 3 is 2.35 bits per heavy atom. The van der Waals surface area contributed by atoms with Gasteiger partial charge in [0.15, 0.2) is 0 Å². The quantitative estimate of drug-likeness (QED) is 0.679. The topological polar surface area (TPSA) is 15.8 Å². The van der Waals surface area contributed by atoms with Gasteiger partial charge in [0.1, 0.15) is 5.82 Å². The van der Waals surface area contributed by atoms with Gasteiger partial charge in [0.2, 0.25) is 0 Å². The minimum absolute atomic E-state index is 0.171. The Bertz CT molecular complexity index is 784. The van der Waals surface area contributed by atoms with Crippen molar-refractivity contribution < 1.29 is 13.2 Å². The lowest BCUT2D eigenvalue weighted by Gasteiger charge is -2.06. The van der Waals surface area contributed by atoms with E-state index in [1.807, 2.05) is 0 Å². The van der Waals surface area contributed by atoms with Crippen molar-refractivity contribution >= 4 is 16.5 Å².